The van der Waals surface area contributed by atoms with Crippen LogP contribution in [0.4, 0.5) is 17.1 Å². The number of nitrogens with zero attached hydrogens (tertiary/aromatic N) is 1. The van der Waals surface area contributed by atoms with Gasteiger partial charge in [0.15, 0.2) is 0 Å². The number of rotatable bonds is 4. The summed E-state index contributed by atoms with van der Waals surface area (Å²) in [4.78, 5) is 5.10. The van der Waals surface area contributed by atoms with Gasteiger partial charge in [-0.15, -0.1) is 0 Å². The summed E-state index contributed by atoms with van der Waals surface area (Å²) < 4.78 is 0. The number of hydrogen-bond acceptors (Lipinski definition) is 2. The molecule has 0 radical (unpaired) electrons. The lowest BCUT2D eigenvalue weighted by Gasteiger charge is -2.46. The summed E-state index contributed by atoms with van der Waals surface area (Å²) in [6.07, 6.45) is 0. The SMILES string of the molecule is c1ccc(-c2cccc3c(N(c4ccc5c(c4)C4(c6ccccc6Sc6ccccc64)c4cccc6cccc-5c46)c4ccc5ccccc5c4)cccc23)cc1. The first kappa shape index (κ1) is 32.4. The number of fused-ring (bicyclic) bond motifs is 10. The van der Waals surface area contributed by atoms with Gasteiger partial charge in [-0.1, -0.05) is 182 Å². The molecule has 1 heterocycles. The largest absolute Gasteiger partial charge is 0.310 e. The third-order valence-electron chi connectivity index (χ3n) is 12.3. The van der Waals surface area contributed by atoms with Gasteiger partial charge in [0.05, 0.1) is 11.1 Å². The molecule has 2 aliphatic rings. The zero-order chi connectivity index (χ0) is 37.5. The van der Waals surface area contributed by atoms with Crippen molar-refractivity contribution >= 4 is 61.1 Å². The van der Waals surface area contributed by atoms with E-state index in [1.165, 1.54) is 86.6 Å². The van der Waals surface area contributed by atoms with E-state index >= 15 is 0 Å². The van der Waals surface area contributed by atoms with Gasteiger partial charge in [0.1, 0.15) is 0 Å². The molecule has 2 heteroatoms. The van der Waals surface area contributed by atoms with Crippen LogP contribution in [0.15, 0.2) is 222 Å². The summed E-state index contributed by atoms with van der Waals surface area (Å²) in [6.45, 7) is 0. The summed E-state index contributed by atoms with van der Waals surface area (Å²) in [5.41, 5.74) is 13.2. The molecule has 1 aliphatic carbocycles. The van der Waals surface area contributed by atoms with Gasteiger partial charge in [-0.2, -0.15) is 0 Å². The van der Waals surface area contributed by atoms with Gasteiger partial charge in [0.2, 0.25) is 0 Å². The summed E-state index contributed by atoms with van der Waals surface area (Å²) in [5.74, 6) is 0. The second kappa shape index (κ2) is 12.6. The molecule has 0 bridgehead atoms. The molecule has 266 valence electrons. The molecule has 0 N–H and O–H groups in total. The number of benzene rings is 10. The Morgan fingerprint density at radius 1 is 0.351 bits per heavy atom. The fourth-order valence-electron chi connectivity index (χ4n) is 9.92. The van der Waals surface area contributed by atoms with E-state index in [0.717, 1.165) is 17.1 Å². The van der Waals surface area contributed by atoms with Crippen LogP contribution in [0.25, 0.3) is 54.6 Å². The Bertz CT molecular complexity index is 3180. The van der Waals surface area contributed by atoms with E-state index in [9.17, 15) is 0 Å². The zero-order valence-electron chi connectivity index (χ0n) is 31.1. The van der Waals surface area contributed by atoms with Crippen LogP contribution in [-0.4, -0.2) is 0 Å². The molecule has 0 amide bonds. The summed E-state index contributed by atoms with van der Waals surface area (Å²) in [5, 5.41) is 7.49. The Labute approximate surface area is 336 Å². The van der Waals surface area contributed by atoms with Gasteiger partial charge in [-0.3, -0.25) is 0 Å². The van der Waals surface area contributed by atoms with Crippen molar-refractivity contribution in [1.82, 2.24) is 0 Å². The van der Waals surface area contributed by atoms with Gasteiger partial charge < -0.3 is 4.90 Å². The minimum atomic E-state index is -0.536. The van der Waals surface area contributed by atoms with Crippen molar-refractivity contribution in [2.45, 2.75) is 15.2 Å². The van der Waals surface area contributed by atoms with Gasteiger partial charge in [0.25, 0.3) is 0 Å². The Kier molecular flexibility index (Phi) is 7.14. The van der Waals surface area contributed by atoms with Gasteiger partial charge in [-0.05, 0) is 114 Å². The van der Waals surface area contributed by atoms with E-state index in [2.05, 4.69) is 217 Å². The molecule has 0 atom stereocenters. The lowest BCUT2D eigenvalue weighted by atomic mass is 9.59. The molecule has 0 aromatic heterocycles. The van der Waals surface area contributed by atoms with E-state index in [1.807, 2.05) is 11.8 Å². The third-order valence-corrected chi connectivity index (χ3v) is 13.4. The molecule has 10 aromatic rings. The molecule has 1 nitrogen and oxygen atoms in total. The van der Waals surface area contributed by atoms with Crippen molar-refractivity contribution in [2.24, 2.45) is 0 Å². The van der Waals surface area contributed by atoms with Gasteiger partial charge >= 0.3 is 0 Å². The van der Waals surface area contributed by atoms with Crippen molar-refractivity contribution < 1.29 is 0 Å². The highest BCUT2D eigenvalue weighted by Crippen LogP contribution is 2.62. The zero-order valence-corrected chi connectivity index (χ0v) is 31.9. The molecule has 1 aliphatic heterocycles. The summed E-state index contributed by atoms with van der Waals surface area (Å²) in [6, 6.07) is 79.1. The molecule has 57 heavy (non-hydrogen) atoms. The minimum Gasteiger partial charge on any atom is -0.310 e. The van der Waals surface area contributed by atoms with Crippen LogP contribution in [0.5, 0.6) is 0 Å². The van der Waals surface area contributed by atoms with Crippen LogP contribution in [0.2, 0.25) is 0 Å². The lowest BCUT2D eigenvalue weighted by molar-refractivity contribution is 0.707. The molecule has 0 unspecified atom stereocenters. The Morgan fingerprint density at radius 3 is 1.77 bits per heavy atom. The monoisotopic (exact) mass is 741 g/mol. The van der Waals surface area contributed by atoms with Crippen molar-refractivity contribution in [3.8, 4) is 22.3 Å². The third kappa shape index (κ3) is 4.72. The maximum Gasteiger partial charge on any atom is 0.0736 e. The number of hydrogen-bond donors (Lipinski definition) is 0. The minimum absolute atomic E-state index is 0.536. The second-order valence-electron chi connectivity index (χ2n) is 15.2. The van der Waals surface area contributed by atoms with Crippen LogP contribution in [0.1, 0.15) is 22.3 Å². The lowest BCUT2D eigenvalue weighted by Crippen LogP contribution is -2.36. The van der Waals surface area contributed by atoms with E-state index in [1.54, 1.807) is 0 Å². The Morgan fingerprint density at radius 2 is 0.947 bits per heavy atom. The quantitative estimate of drug-likeness (QED) is 0.177. The smallest absolute Gasteiger partial charge is 0.0736 e. The summed E-state index contributed by atoms with van der Waals surface area (Å²) >= 11 is 1.89. The van der Waals surface area contributed by atoms with Crippen LogP contribution < -0.4 is 4.90 Å². The van der Waals surface area contributed by atoms with Crippen molar-refractivity contribution in [1.29, 1.82) is 0 Å². The standard InChI is InChI=1S/C55H35NS/c1-2-15-37(16-3-1)42-20-12-22-45-43(42)21-13-27-51(45)56(40-31-30-36-14-4-5-17-39(36)34-40)41-32-33-44-46-23-10-18-38-19-11-26-49(54(38)46)55(50(44)35-41)47-24-6-8-28-52(47)57-53-29-9-7-25-48(53)55/h1-35H. The maximum absolute atomic E-state index is 2.52. The van der Waals surface area contributed by atoms with E-state index in [4.69, 9.17) is 0 Å². The predicted molar refractivity (Wildman–Crippen MR) is 241 cm³/mol. The molecule has 12 rings (SSSR count). The van der Waals surface area contributed by atoms with Crippen LogP contribution >= 0.6 is 11.8 Å². The van der Waals surface area contributed by atoms with Crippen molar-refractivity contribution in [2.75, 3.05) is 4.90 Å². The van der Waals surface area contributed by atoms with Crippen molar-refractivity contribution in [3.63, 3.8) is 0 Å². The molecular formula is C55H35NS. The van der Waals surface area contributed by atoms with E-state index < -0.39 is 5.41 Å². The normalized spacial score (nSPS) is 13.3. The fraction of sp³-hybridized carbons (Fsp3) is 0.0182. The Hall–Kier alpha value is -6.87. The first-order chi connectivity index (χ1) is 28.3. The molecule has 0 fully saturated rings. The average Bonchev–Trinajstić information content (AvgIpc) is 3.28. The maximum atomic E-state index is 2.52. The molecule has 10 aromatic carbocycles. The van der Waals surface area contributed by atoms with Crippen LogP contribution in [0, 0.1) is 0 Å². The average molecular weight is 742 g/mol. The highest BCUT2D eigenvalue weighted by Gasteiger charge is 2.48. The highest BCUT2D eigenvalue weighted by atomic mass is 32.2. The number of anilines is 3. The first-order valence-corrected chi connectivity index (χ1v) is 20.5. The first-order valence-electron chi connectivity index (χ1n) is 19.7. The van der Waals surface area contributed by atoms with Crippen LogP contribution in [0.3, 0.4) is 0 Å². The fourth-order valence-corrected chi connectivity index (χ4v) is 11.1. The molecule has 0 saturated heterocycles. The van der Waals surface area contributed by atoms with Gasteiger partial charge in [0, 0.05) is 26.6 Å². The second-order valence-corrected chi connectivity index (χ2v) is 16.3. The van der Waals surface area contributed by atoms with Crippen LogP contribution in [-0.2, 0) is 5.41 Å². The topological polar surface area (TPSA) is 3.24 Å². The predicted octanol–water partition coefficient (Wildman–Crippen LogP) is 15.1. The molecular weight excluding hydrogens is 707 g/mol. The Balaban J connectivity index is 1.19. The van der Waals surface area contributed by atoms with E-state index in [-0.39, 0.29) is 0 Å². The van der Waals surface area contributed by atoms with E-state index in [0.29, 0.717) is 0 Å². The van der Waals surface area contributed by atoms with Gasteiger partial charge in [-0.25, -0.2) is 0 Å². The molecule has 0 saturated carbocycles. The molecule has 1 spiro atoms. The highest BCUT2D eigenvalue weighted by molar-refractivity contribution is 7.99. The summed E-state index contributed by atoms with van der Waals surface area (Å²) in [7, 11) is 0. The van der Waals surface area contributed by atoms with Crippen molar-refractivity contribution in [3.05, 3.63) is 235 Å².